The summed E-state index contributed by atoms with van der Waals surface area (Å²) in [6, 6.07) is 0. The molecule has 0 spiro atoms. The molecule has 178 valence electrons. The number of carbonyl (C=O) groups is 2. The van der Waals surface area contributed by atoms with E-state index in [1.54, 1.807) is 0 Å². The molecule has 3 N–H and O–H groups in total. The van der Waals surface area contributed by atoms with E-state index in [-0.39, 0.29) is 81.7 Å². The van der Waals surface area contributed by atoms with Crippen LogP contribution in [-0.4, -0.2) is 31.3 Å². The van der Waals surface area contributed by atoms with Gasteiger partial charge in [0.15, 0.2) is 6.10 Å². The molecule has 32 heavy (non-hydrogen) atoms. The van der Waals surface area contributed by atoms with Crippen LogP contribution in [0, 0.1) is 47.9 Å². The summed E-state index contributed by atoms with van der Waals surface area (Å²) in [7, 11) is -5.28. The minimum absolute atomic E-state index is 0. The van der Waals surface area contributed by atoms with Crippen molar-refractivity contribution in [2.45, 2.75) is 51.6 Å². The molecule has 0 unspecified atom stereocenters. The fourth-order valence-corrected chi connectivity index (χ4v) is 2.17. The van der Waals surface area contributed by atoms with Crippen molar-refractivity contribution in [2.24, 2.45) is 0 Å². The fourth-order valence-electron chi connectivity index (χ4n) is 1.83. The third-order valence-corrected chi connectivity index (χ3v) is 3.55. The Balaban J connectivity index is -0.0000000871. The number of phosphoric ester groups is 1. The summed E-state index contributed by atoms with van der Waals surface area (Å²) >= 11 is 0. The van der Waals surface area contributed by atoms with Crippen LogP contribution in [0.3, 0.4) is 0 Å². The molecule has 0 saturated heterocycles. The van der Waals surface area contributed by atoms with Gasteiger partial charge in [-0.2, -0.15) is 0 Å². The first-order valence-electron chi connectivity index (χ1n) is 8.78. The summed E-state index contributed by atoms with van der Waals surface area (Å²) in [5, 5.41) is 0. The predicted octanol–water partition coefficient (Wildman–Crippen LogP) is -3.82. The van der Waals surface area contributed by atoms with Crippen molar-refractivity contribution < 1.29 is 107 Å². The van der Waals surface area contributed by atoms with Gasteiger partial charge in [0.2, 0.25) is 0 Å². The van der Waals surface area contributed by atoms with Gasteiger partial charge in [-0.25, -0.2) is 4.79 Å². The van der Waals surface area contributed by atoms with Gasteiger partial charge in [0.1, 0.15) is 6.61 Å². The van der Waals surface area contributed by atoms with Gasteiger partial charge in [-0.3, -0.25) is 4.79 Å². The van der Waals surface area contributed by atoms with E-state index in [0.29, 0.717) is 6.42 Å². The molecule has 1 atom stereocenters. The Kier molecular flexibility index (Phi) is 29.9. The molecular formula is C20H38NNa2O8P. The minimum atomic E-state index is -5.28. The third-order valence-electron chi connectivity index (χ3n) is 3.09. The zero-order valence-corrected chi connectivity index (χ0v) is 23.6. The van der Waals surface area contributed by atoms with Gasteiger partial charge in [-0.15, -0.1) is 6.42 Å². The van der Waals surface area contributed by atoms with Crippen LogP contribution >= 0.6 is 7.82 Å². The Morgan fingerprint density at radius 3 is 2.19 bits per heavy atom. The first kappa shape index (κ1) is 38.5. The number of terminal acetylenes is 1. The van der Waals surface area contributed by atoms with Crippen molar-refractivity contribution >= 4 is 19.8 Å². The summed E-state index contributed by atoms with van der Waals surface area (Å²) in [6.45, 7) is 0.753. The molecule has 0 aromatic heterocycles. The number of carbonyl (C=O) groups excluding carboxylic acids is 2. The number of esters is 2. The van der Waals surface area contributed by atoms with E-state index in [1.807, 2.05) is 11.8 Å². The Labute approximate surface area is 244 Å². The molecule has 12 heteroatoms. The van der Waals surface area contributed by atoms with Crippen LogP contribution in [0.15, 0.2) is 0 Å². The van der Waals surface area contributed by atoms with Crippen LogP contribution in [0.2, 0.25) is 0 Å². The molecule has 0 saturated carbocycles. The zero-order chi connectivity index (χ0) is 22.0. The Morgan fingerprint density at radius 1 is 1.00 bits per heavy atom. The van der Waals surface area contributed by atoms with Crippen LogP contribution in [0.5, 0.6) is 0 Å². The SMILES string of the molecule is C#CC#CC#CC#CC(=O)OC[C@@H](COP(=O)([O-])[O-])OC(=O)CCCCCCC.N.[HH].[HH].[HH].[HH].[HH].[HH].[HH].[Na+].[Na+]. The van der Waals surface area contributed by atoms with E-state index in [2.05, 4.69) is 41.0 Å². The molecule has 0 aromatic rings. The molecule has 0 fully saturated rings. The first-order chi connectivity index (χ1) is 13.8. The van der Waals surface area contributed by atoms with E-state index < -0.39 is 39.1 Å². The van der Waals surface area contributed by atoms with E-state index in [9.17, 15) is 23.9 Å². The van der Waals surface area contributed by atoms with Gasteiger partial charge >= 0.3 is 71.1 Å². The van der Waals surface area contributed by atoms with Gasteiger partial charge in [0, 0.05) is 22.3 Å². The second-order valence-corrected chi connectivity index (χ2v) is 6.66. The molecule has 0 amide bonds. The van der Waals surface area contributed by atoms with Crippen molar-refractivity contribution in [1.82, 2.24) is 6.15 Å². The smallest absolute Gasteiger partial charge is 0.790 e. The van der Waals surface area contributed by atoms with Crippen LogP contribution < -0.4 is 75.1 Å². The molecular weight excluding hydrogens is 459 g/mol. The second kappa shape index (κ2) is 24.9. The van der Waals surface area contributed by atoms with Crippen molar-refractivity contribution in [3.63, 3.8) is 0 Å². The van der Waals surface area contributed by atoms with E-state index >= 15 is 0 Å². The monoisotopic (exact) mass is 497 g/mol. The molecule has 0 aliphatic carbocycles. The van der Waals surface area contributed by atoms with Crippen LogP contribution in [0.1, 0.15) is 55.4 Å². The number of ether oxygens (including phenoxy) is 2. The molecule has 0 radical (unpaired) electrons. The van der Waals surface area contributed by atoms with Crippen molar-refractivity contribution in [3.8, 4) is 47.9 Å². The maximum atomic E-state index is 11.8. The normalized spacial score (nSPS) is 9.56. The first-order valence-corrected chi connectivity index (χ1v) is 10.2. The van der Waals surface area contributed by atoms with E-state index in [4.69, 9.17) is 15.9 Å². The molecule has 0 aromatic carbocycles. The Bertz CT molecular complexity index is 845. The average molecular weight is 497 g/mol. The Morgan fingerprint density at radius 2 is 1.59 bits per heavy atom. The number of unbranched alkanes of at least 4 members (excludes halogenated alkanes) is 4. The summed E-state index contributed by atoms with van der Waals surface area (Å²) in [5.41, 5.74) is 0. The quantitative estimate of drug-likeness (QED) is 0.0712. The number of rotatable bonds is 12. The Hall–Kier alpha value is -0.750. The number of hydrogen-bond donors (Lipinski definition) is 1. The summed E-state index contributed by atoms with van der Waals surface area (Å²) < 4.78 is 24.5. The van der Waals surface area contributed by atoms with Crippen LogP contribution in [-0.2, 0) is 28.2 Å². The van der Waals surface area contributed by atoms with Crippen molar-refractivity contribution in [1.29, 1.82) is 0 Å². The molecule has 0 aliphatic heterocycles. The topological polar surface area (TPSA) is 160 Å². The number of hydrogen-bond acceptors (Lipinski definition) is 9. The molecule has 0 bridgehead atoms. The summed E-state index contributed by atoms with van der Waals surface area (Å²) in [5.74, 6) is 13.6. The molecule has 0 aliphatic rings. The molecule has 0 rings (SSSR count). The van der Waals surface area contributed by atoms with Gasteiger partial charge < -0.3 is 34.5 Å². The predicted molar refractivity (Wildman–Crippen MR) is 120 cm³/mol. The van der Waals surface area contributed by atoms with Gasteiger partial charge in [0.25, 0.3) is 0 Å². The zero-order valence-electron chi connectivity index (χ0n) is 18.7. The molecule has 0 heterocycles. The van der Waals surface area contributed by atoms with Crippen LogP contribution in [0.4, 0.5) is 0 Å². The standard InChI is InChI=1S/C20H23O8P.H3N.2Na.7H2/c1-3-5-7-9-11-12-14-19(21)26-16-18(17-27-29(23,24)25)28-20(22)15-13-10-8-6-4-2;;;;;;;;;;/h1,18H,4,6,8,10,13,15-17H2,2H3,(H2,23,24,25);1H3;;;7*1H/q;;2*+1;;;;;;;/p-2/t18-;;;;;;;;;;/m0........../s1. The van der Waals surface area contributed by atoms with E-state index in [1.165, 1.54) is 0 Å². The average Bonchev–Trinajstić information content (AvgIpc) is 2.65. The second-order valence-electron chi connectivity index (χ2n) is 5.51. The van der Waals surface area contributed by atoms with Crippen LogP contribution in [0.25, 0.3) is 0 Å². The third kappa shape index (κ3) is 27.3. The van der Waals surface area contributed by atoms with Crippen molar-refractivity contribution in [3.05, 3.63) is 0 Å². The van der Waals surface area contributed by atoms with Gasteiger partial charge in [0.05, 0.1) is 14.4 Å². The summed E-state index contributed by atoms with van der Waals surface area (Å²) in [6.07, 6.45) is 8.27. The fraction of sp³-hybridized carbons (Fsp3) is 0.500. The maximum absolute atomic E-state index is 11.8. The maximum Gasteiger partial charge on any atom is 1.00 e. The van der Waals surface area contributed by atoms with E-state index in [0.717, 1.165) is 25.7 Å². The van der Waals surface area contributed by atoms with Gasteiger partial charge in [-0.1, -0.05) is 32.6 Å². The van der Waals surface area contributed by atoms with Crippen molar-refractivity contribution in [2.75, 3.05) is 13.2 Å². The largest absolute Gasteiger partial charge is 1.00 e. The minimum Gasteiger partial charge on any atom is -0.790 e. The summed E-state index contributed by atoms with van der Waals surface area (Å²) in [4.78, 5) is 44.6. The molecule has 9 nitrogen and oxygen atoms in total. The number of phosphoric acid groups is 1. The van der Waals surface area contributed by atoms with Gasteiger partial charge in [-0.05, 0) is 41.9 Å².